The van der Waals surface area contributed by atoms with Gasteiger partial charge in [-0.2, -0.15) is 10.2 Å². The molecule has 0 aliphatic carbocycles. The molecule has 1 aromatic carbocycles. The van der Waals surface area contributed by atoms with E-state index < -0.39 is 0 Å². The lowest BCUT2D eigenvalue weighted by atomic mass is 10.0. The molecule has 1 unspecified atom stereocenters. The lowest BCUT2D eigenvalue weighted by molar-refractivity contribution is 0.401. The minimum Gasteiger partial charge on any atom is -0.303 e. The molecule has 2 aromatic heterocycles. The molecule has 7 heteroatoms. The smallest absolute Gasteiger partial charge is 0.143 e. The number of benzene rings is 1. The summed E-state index contributed by atoms with van der Waals surface area (Å²) in [6, 6.07) is 6.51. The van der Waals surface area contributed by atoms with Gasteiger partial charge < -0.3 is 5.32 Å². The predicted molar refractivity (Wildman–Crippen MR) is 94.0 cm³/mol. The zero-order chi connectivity index (χ0) is 17.8. The molecule has 2 N–H and O–H groups in total. The summed E-state index contributed by atoms with van der Waals surface area (Å²) in [5, 5.41) is 14.9. The summed E-state index contributed by atoms with van der Waals surface area (Å²) in [5.41, 5.74) is 2.84. The van der Waals surface area contributed by atoms with Crippen molar-refractivity contribution in [3.63, 3.8) is 0 Å². The third-order valence-corrected chi connectivity index (χ3v) is 4.15. The average molecular weight is 342 g/mol. The van der Waals surface area contributed by atoms with Crippen LogP contribution in [0.1, 0.15) is 37.7 Å². The molecule has 0 radical (unpaired) electrons. The zero-order valence-corrected chi connectivity index (χ0v) is 14.7. The van der Waals surface area contributed by atoms with Crippen molar-refractivity contribution in [2.45, 2.75) is 32.9 Å². The molecule has 2 heterocycles. The summed E-state index contributed by atoms with van der Waals surface area (Å²) >= 11 is 0. The van der Waals surface area contributed by atoms with Crippen molar-refractivity contribution in [1.82, 2.24) is 30.3 Å². The van der Waals surface area contributed by atoms with Crippen LogP contribution >= 0.6 is 0 Å². The predicted octanol–water partition coefficient (Wildman–Crippen LogP) is 3.22. The molecule has 0 spiro atoms. The fourth-order valence-corrected chi connectivity index (χ4v) is 2.92. The van der Waals surface area contributed by atoms with Crippen LogP contribution in [0.25, 0.3) is 11.3 Å². The van der Waals surface area contributed by atoms with Crippen LogP contribution in [0.3, 0.4) is 0 Å². The molecule has 0 bridgehead atoms. The second kappa shape index (κ2) is 7.57. The molecular formula is C18H23FN6. The first-order chi connectivity index (χ1) is 12.0. The molecule has 3 rings (SSSR count). The van der Waals surface area contributed by atoms with Crippen LogP contribution in [-0.4, -0.2) is 25.0 Å². The van der Waals surface area contributed by atoms with Gasteiger partial charge in [0.1, 0.15) is 18.0 Å². The van der Waals surface area contributed by atoms with E-state index in [0.29, 0.717) is 12.5 Å². The van der Waals surface area contributed by atoms with Gasteiger partial charge in [-0.3, -0.25) is 9.78 Å². The number of rotatable bonds is 7. The number of aryl methyl sites for hydroxylation is 1. The Morgan fingerprint density at radius 3 is 2.64 bits per heavy atom. The minimum atomic E-state index is -0.248. The van der Waals surface area contributed by atoms with Crippen molar-refractivity contribution in [3.8, 4) is 11.3 Å². The molecule has 6 nitrogen and oxygen atoms in total. The van der Waals surface area contributed by atoms with Gasteiger partial charge >= 0.3 is 0 Å². The van der Waals surface area contributed by atoms with Crippen LogP contribution in [0.2, 0.25) is 0 Å². The second-order valence-electron chi connectivity index (χ2n) is 6.58. The summed E-state index contributed by atoms with van der Waals surface area (Å²) in [6.07, 6.45) is 4.33. The van der Waals surface area contributed by atoms with E-state index in [-0.39, 0.29) is 11.9 Å². The normalized spacial score (nSPS) is 12.7. The van der Waals surface area contributed by atoms with Gasteiger partial charge in [-0.25, -0.2) is 9.37 Å². The van der Waals surface area contributed by atoms with Crippen molar-refractivity contribution in [2.75, 3.05) is 0 Å². The average Bonchev–Trinajstić information content (AvgIpc) is 3.21. The molecule has 0 aliphatic rings. The van der Waals surface area contributed by atoms with Crippen LogP contribution in [0, 0.1) is 11.7 Å². The van der Waals surface area contributed by atoms with Crippen molar-refractivity contribution in [3.05, 3.63) is 54.0 Å². The Bertz CT molecular complexity index is 805. The minimum absolute atomic E-state index is 0.100. The molecular weight excluding hydrogens is 319 g/mol. The van der Waals surface area contributed by atoms with Gasteiger partial charge in [0.15, 0.2) is 0 Å². The first-order valence-electron chi connectivity index (χ1n) is 8.40. The summed E-state index contributed by atoms with van der Waals surface area (Å²) < 4.78 is 14.9. The van der Waals surface area contributed by atoms with Crippen LogP contribution in [0.5, 0.6) is 0 Å². The summed E-state index contributed by atoms with van der Waals surface area (Å²) in [5.74, 6) is 1.19. The van der Waals surface area contributed by atoms with E-state index in [1.54, 1.807) is 29.3 Å². The molecule has 0 amide bonds. The molecule has 0 aliphatic heterocycles. The Kier molecular flexibility index (Phi) is 5.23. The molecule has 0 fully saturated rings. The van der Waals surface area contributed by atoms with Crippen molar-refractivity contribution >= 4 is 0 Å². The van der Waals surface area contributed by atoms with E-state index in [2.05, 4.69) is 39.4 Å². The van der Waals surface area contributed by atoms with Gasteiger partial charge in [-0.05, 0) is 36.6 Å². The fourth-order valence-electron chi connectivity index (χ4n) is 2.92. The van der Waals surface area contributed by atoms with Gasteiger partial charge in [0.25, 0.3) is 0 Å². The second-order valence-corrected chi connectivity index (χ2v) is 6.58. The molecule has 0 saturated carbocycles. The monoisotopic (exact) mass is 342 g/mol. The topological polar surface area (TPSA) is 71.4 Å². The van der Waals surface area contributed by atoms with E-state index in [1.165, 1.54) is 12.1 Å². The van der Waals surface area contributed by atoms with E-state index in [4.69, 9.17) is 0 Å². The summed E-state index contributed by atoms with van der Waals surface area (Å²) in [6.45, 7) is 5.01. The molecule has 1 atom stereocenters. The Morgan fingerprint density at radius 1 is 1.24 bits per heavy atom. The third-order valence-electron chi connectivity index (χ3n) is 4.15. The highest BCUT2D eigenvalue weighted by atomic mass is 19.1. The lowest BCUT2D eigenvalue weighted by Gasteiger charge is -2.20. The number of aromatic amines is 1. The van der Waals surface area contributed by atoms with E-state index in [1.807, 2.05) is 7.05 Å². The van der Waals surface area contributed by atoms with Gasteiger partial charge in [0.2, 0.25) is 0 Å². The highest BCUT2D eigenvalue weighted by molar-refractivity contribution is 5.62. The highest BCUT2D eigenvalue weighted by Gasteiger charge is 2.19. The first kappa shape index (κ1) is 17.3. The van der Waals surface area contributed by atoms with Crippen molar-refractivity contribution in [1.29, 1.82) is 0 Å². The number of H-pyrrole nitrogens is 1. The van der Waals surface area contributed by atoms with Gasteiger partial charge in [-0.1, -0.05) is 13.8 Å². The van der Waals surface area contributed by atoms with E-state index in [9.17, 15) is 4.39 Å². The standard InChI is InChI=1S/C18H23FN6/c1-12(2)8-16(18-21-11-23-25(18)3)20-9-14-10-22-24-17(14)13-4-6-15(19)7-5-13/h4-7,10-12,16,20H,8-9H2,1-3H3,(H,22,24). The maximum Gasteiger partial charge on any atom is 0.143 e. The van der Waals surface area contributed by atoms with Crippen LogP contribution < -0.4 is 5.32 Å². The first-order valence-corrected chi connectivity index (χ1v) is 8.40. The van der Waals surface area contributed by atoms with Crippen LogP contribution in [-0.2, 0) is 13.6 Å². The van der Waals surface area contributed by atoms with Crippen molar-refractivity contribution in [2.24, 2.45) is 13.0 Å². The number of nitrogens with one attached hydrogen (secondary N) is 2. The quantitative estimate of drug-likeness (QED) is 0.691. The summed E-state index contributed by atoms with van der Waals surface area (Å²) in [7, 11) is 1.90. The van der Waals surface area contributed by atoms with Crippen molar-refractivity contribution < 1.29 is 4.39 Å². The largest absolute Gasteiger partial charge is 0.303 e. The molecule has 25 heavy (non-hydrogen) atoms. The Labute approximate surface area is 146 Å². The Balaban J connectivity index is 1.77. The van der Waals surface area contributed by atoms with E-state index in [0.717, 1.165) is 29.1 Å². The van der Waals surface area contributed by atoms with Crippen LogP contribution in [0.4, 0.5) is 4.39 Å². The SMILES string of the molecule is CC(C)CC(NCc1cn[nH]c1-c1ccc(F)cc1)c1ncnn1C. The van der Waals surface area contributed by atoms with E-state index >= 15 is 0 Å². The fraction of sp³-hybridized carbons (Fsp3) is 0.389. The highest BCUT2D eigenvalue weighted by Crippen LogP contribution is 2.24. The maximum absolute atomic E-state index is 13.1. The maximum atomic E-state index is 13.1. The molecule has 132 valence electrons. The third kappa shape index (κ3) is 4.11. The Hall–Kier alpha value is -2.54. The number of hydrogen-bond acceptors (Lipinski definition) is 4. The van der Waals surface area contributed by atoms with Gasteiger partial charge in [0.05, 0.1) is 17.9 Å². The zero-order valence-electron chi connectivity index (χ0n) is 14.7. The Morgan fingerprint density at radius 2 is 2.00 bits per heavy atom. The lowest BCUT2D eigenvalue weighted by Crippen LogP contribution is -2.25. The van der Waals surface area contributed by atoms with Crippen LogP contribution in [0.15, 0.2) is 36.8 Å². The molecule has 0 saturated heterocycles. The van der Waals surface area contributed by atoms with Gasteiger partial charge in [0, 0.05) is 24.7 Å². The number of nitrogens with zero attached hydrogens (tertiary/aromatic N) is 4. The number of halogens is 1. The van der Waals surface area contributed by atoms with Gasteiger partial charge in [-0.15, -0.1) is 0 Å². The number of hydrogen-bond donors (Lipinski definition) is 2. The number of aromatic nitrogens is 5. The molecule has 3 aromatic rings. The summed E-state index contributed by atoms with van der Waals surface area (Å²) in [4.78, 5) is 4.38.